The highest BCUT2D eigenvalue weighted by molar-refractivity contribution is 7.12. The van der Waals surface area contributed by atoms with E-state index in [0.29, 0.717) is 4.88 Å². The normalized spacial score (nSPS) is 9.75. The van der Waals surface area contributed by atoms with Crippen molar-refractivity contribution in [2.45, 2.75) is 12.8 Å². The minimum atomic E-state index is -1.10. The van der Waals surface area contributed by atoms with E-state index in [0.717, 1.165) is 0 Å². The fourth-order valence-electron chi connectivity index (χ4n) is 1.05. The molecule has 16 heavy (non-hydrogen) atoms. The number of ketones is 1. The van der Waals surface area contributed by atoms with Gasteiger partial charge in [0.2, 0.25) is 5.91 Å². The summed E-state index contributed by atoms with van der Waals surface area (Å²) in [7, 11) is 0. The van der Waals surface area contributed by atoms with Crippen LogP contribution in [0.3, 0.4) is 0 Å². The number of hydrogen-bond acceptors (Lipinski definition) is 4. The standard InChI is InChI=1S/C10H11NO4S/c12-7(8-2-1-5-16-8)3-4-9(13)11-6-10(14)15/h1-2,5H,3-4,6H2,(H,11,13)(H,14,15). The molecule has 0 saturated heterocycles. The first-order valence-electron chi connectivity index (χ1n) is 4.65. The first kappa shape index (κ1) is 12.4. The molecule has 5 nitrogen and oxygen atoms in total. The van der Waals surface area contributed by atoms with E-state index in [1.54, 1.807) is 17.5 Å². The molecule has 86 valence electrons. The van der Waals surface area contributed by atoms with Crippen molar-refractivity contribution in [1.29, 1.82) is 0 Å². The van der Waals surface area contributed by atoms with Crippen LogP contribution >= 0.6 is 11.3 Å². The third-order valence-corrected chi connectivity index (χ3v) is 2.72. The molecule has 2 N–H and O–H groups in total. The number of aliphatic carboxylic acids is 1. The molecule has 0 bridgehead atoms. The van der Waals surface area contributed by atoms with Gasteiger partial charge < -0.3 is 10.4 Å². The van der Waals surface area contributed by atoms with Crippen molar-refractivity contribution in [2.75, 3.05) is 6.54 Å². The van der Waals surface area contributed by atoms with Crippen molar-refractivity contribution in [2.24, 2.45) is 0 Å². The molecule has 0 unspecified atom stereocenters. The number of nitrogens with one attached hydrogen (secondary N) is 1. The highest BCUT2D eigenvalue weighted by Gasteiger charge is 2.10. The molecule has 0 aliphatic carbocycles. The van der Waals surface area contributed by atoms with Crippen LogP contribution in [-0.4, -0.2) is 29.3 Å². The van der Waals surface area contributed by atoms with Crippen LogP contribution < -0.4 is 5.32 Å². The minimum Gasteiger partial charge on any atom is -0.480 e. The maximum atomic E-state index is 11.5. The summed E-state index contributed by atoms with van der Waals surface area (Å²) in [5.41, 5.74) is 0. The quantitative estimate of drug-likeness (QED) is 0.725. The van der Waals surface area contributed by atoms with Gasteiger partial charge in [0.15, 0.2) is 5.78 Å². The summed E-state index contributed by atoms with van der Waals surface area (Å²) in [5.74, 6) is -1.62. The van der Waals surface area contributed by atoms with E-state index in [9.17, 15) is 14.4 Å². The lowest BCUT2D eigenvalue weighted by Crippen LogP contribution is -2.29. The lowest BCUT2D eigenvalue weighted by molar-refractivity contribution is -0.137. The van der Waals surface area contributed by atoms with Crippen LogP contribution in [-0.2, 0) is 9.59 Å². The Morgan fingerprint density at radius 3 is 2.62 bits per heavy atom. The van der Waals surface area contributed by atoms with Crippen LogP contribution in [0.2, 0.25) is 0 Å². The zero-order valence-corrected chi connectivity index (χ0v) is 9.25. The number of carboxylic acids is 1. The average molecular weight is 241 g/mol. The van der Waals surface area contributed by atoms with Gasteiger partial charge in [0.1, 0.15) is 6.54 Å². The van der Waals surface area contributed by atoms with E-state index in [1.807, 2.05) is 0 Å². The van der Waals surface area contributed by atoms with Crippen LogP contribution in [0.15, 0.2) is 17.5 Å². The number of amides is 1. The van der Waals surface area contributed by atoms with Crippen molar-refractivity contribution in [3.05, 3.63) is 22.4 Å². The molecule has 0 fully saturated rings. The summed E-state index contributed by atoms with van der Waals surface area (Å²) in [6, 6.07) is 3.46. The molecule has 1 amide bonds. The zero-order valence-electron chi connectivity index (χ0n) is 8.43. The van der Waals surface area contributed by atoms with Gasteiger partial charge in [0, 0.05) is 12.8 Å². The number of rotatable bonds is 6. The van der Waals surface area contributed by atoms with Crippen LogP contribution in [0, 0.1) is 0 Å². The number of Topliss-reactive ketones (excluding diaryl/α,β-unsaturated/α-hetero) is 1. The van der Waals surface area contributed by atoms with E-state index < -0.39 is 18.4 Å². The van der Waals surface area contributed by atoms with Crippen LogP contribution in [0.1, 0.15) is 22.5 Å². The lowest BCUT2D eigenvalue weighted by Gasteiger charge is -2.00. The Bertz CT molecular complexity index is 386. The summed E-state index contributed by atoms with van der Waals surface area (Å²) in [6.45, 7) is -0.411. The van der Waals surface area contributed by atoms with E-state index in [4.69, 9.17) is 5.11 Å². The number of carboxylic acid groups (broad SMARTS) is 1. The van der Waals surface area contributed by atoms with E-state index in [-0.39, 0.29) is 18.6 Å². The van der Waals surface area contributed by atoms with Gasteiger partial charge in [-0.1, -0.05) is 6.07 Å². The zero-order chi connectivity index (χ0) is 12.0. The lowest BCUT2D eigenvalue weighted by atomic mass is 10.2. The Morgan fingerprint density at radius 1 is 1.31 bits per heavy atom. The maximum absolute atomic E-state index is 11.5. The predicted octanol–water partition coefficient (Wildman–Crippen LogP) is 0.912. The van der Waals surface area contributed by atoms with E-state index in [2.05, 4.69) is 5.32 Å². The molecular formula is C10H11NO4S. The molecule has 0 atom stereocenters. The SMILES string of the molecule is O=C(O)CNC(=O)CCC(=O)c1cccs1. The van der Waals surface area contributed by atoms with Gasteiger partial charge in [-0.2, -0.15) is 0 Å². The Labute approximate surface area is 96.1 Å². The molecule has 0 spiro atoms. The maximum Gasteiger partial charge on any atom is 0.322 e. The van der Waals surface area contributed by atoms with Crippen molar-refractivity contribution in [3.8, 4) is 0 Å². The first-order valence-corrected chi connectivity index (χ1v) is 5.53. The van der Waals surface area contributed by atoms with Crippen molar-refractivity contribution < 1.29 is 19.5 Å². The second-order valence-corrected chi connectivity index (χ2v) is 4.02. The smallest absolute Gasteiger partial charge is 0.322 e. The molecule has 1 aromatic rings. The second-order valence-electron chi connectivity index (χ2n) is 3.07. The molecule has 0 aliphatic rings. The van der Waals surface area contributed by atoms with Gasteiger partial charge >= 0.3 is 5.97 Å². The van der Waals surface area contributed by atoms with Gasteiger partial charge in [-0.3, -0.25) is 14.4 Å². The Kier molecular flexibility index (Phi) is 4.65. The van der Waals surface area contributed by atoms with E-state index in [1.165, 1.54) is 11.3 Å². The Balaban J connectivity index is 2.27. The summed E-state index contributed by atoms with van der Waals surface area (Å²) >= 11 is 1.33. The van der Waals surface area contributed by atoms with Crippen LogP contribution in [0.5, 0.6) is 0 Å². The topological polar surface area (TPSA) is 83.5 Å². The largest absolute Gasteiger partial charge is 0.480 e. The summed E-state index contributed by atoms with van der Waals surface area (Å²) in [5, 5.41) is 12.3. The molecule has 6 heteroatoms. The Morgan fingerprint density at radius 2 is 2.06 bits per heavy atom. The molecule has 0 aromatic carbocycles. The molecule has 1 heterocycles. The minimum absolute atomic E-state index is 0.0179. The first-order chi connectivity index (χ1) is 7.59. The Hall–Kier alpha value is -1.69. The molecule has 0 saturated carbocycles. The number of thiophene rings is 1. The van der Waals surface area contributed by atoms with Crippen molar-refractivity contribution in [1.82, 2.24) is 5.32 Å². The second kappa shape index (κ2) is 6.02. The number of hydrogen-bond donors (Lipinski definition) is 2. The van der Waals surface area contributed by atoms with Gasteiger partial charge in [-0.05, 0) is 11.4 Å². The summed E-state index contributed by atoms with van der Waals surface area (Å²) < 4.78 is 0. The molecular weight excluding hydrogens is 230 g/mol. The average Bonchev–Trinajstić information content (AvgIpc) is 2.76. The van der Waals surface area contributed by atoms with E-state index >= 15 is 0 Å². The third-order valence-electron chi connectivity index (χ3n) is 1.81. The molecule has 0 radical (unpaired) electrons. The highest BCUT2D eigenvalue weighted by Crippen LogP contribution is 2.11. The third kappa shape index (κ3) is 4.22. The van der Waals surface area contributed by atoms with Crippen molar-refractivity contribution in [3.63, 3.8) is 0 Å². The highest BCUT2D eigenvalue weighted by atomic mass is 32.1. The van der Waals surface area contributed by atoms with Crippen molar-refractivity contribution >= 4 is 29.0 Å². The van der Waals surface area contributed by atoms with Gasteiger partial charge in [0.25, 0.3) is 0 Å². The van der Waals surface area contributed by atoms with Gasteiger partial charge in [0.05, 0.1) is 4.88 Å². The monoisotopic (exact) mass is 241 g/mol. The van der Waals surface area contributed by atoms with Gasteiger partial charge in [-0.15, -0.1) is 11.3 Å². The summed E-state index contributed by atoms with van der Waals surface area (Å²) in [4.78, 5) is 33.3. The number of carbonyl (C=O) groups excluding carboxylic acids is 2. The molecule has 1 rings (SSSR count). The van der Waals surface area contributed by atoms with Crippen LogP contribution in [0.4, 0.5) is 0 Å². The number of carbonyl (C=O) groups is 3. The fraction of sp³-hybridized carbons (Fsp3) is 0.300. The molecule has 1 aromatic heterocycles. The predicted molar refractivity (Wildman–Crippen MR) is 58.5 cm³/mol. The fourth-order valence-corrected chi connectivity index (χ4v) is 1.74. The molecule has 0 aliphatic heterocycles. The summed E-state index contributed by atoms with van der Waals surface area (Å²) in [6.07, 6.45) is 0.121. The van der Waals surface area contributed by atoms with Crippen LogP contribution in [0.25, 0.3) is 0 Å². The van der Waals surface area contributed by atoms with Gasteiger partial charge in [-0.25, -0.2) is 0 Å².